The van der Waals surface area contributed by atoms with Crippen molar-refractivity contribution in [1.29, 1.82) is 0 Å². The van der Waals surface area contributed by atoms with E-state index in [4.69, 9.17) is 59.3 Å². The molecule has 8 nitrogen and oxygen atoms in total. The van der Waals surface area contributed by atoms with Gasteiger partial charge in [0.15, 0.2) is 23.0 Å². The second kappa shape index (κ2) is 18.6. The van der Waals surface area contributed by atoms with Gasteiger partial charge in [-0.15, -0.1) is 0 Å². The van der Waals surface area contributed by atoms with Crippen molar-refractivity contribution in [2.24, 2.45) is 11.5 Å². The SMILES string of the molecule is COc1ccc(C(N)C(N)c2ccc(OC)cc2)cc1.C[PH+](C)c1ccc2c(c1Cc1c([PH+](C)C)ccc3c1OCO3)OCO2.[Cl][Ru+2][Cl]. The molecule has 0 bridgehead atoms. The quantitative estimate of drug-likeness (QED) is 0.142. The van der Waals surface area contributed by atoms with E-state index in [-0.39, 0.29) is 27.2 Å². The Morgan fingerprint density at radius 2 is 0.979 bits per heavy atom. The molecule has 0 spiro atoms. The van der Waals surface area contributed by atoms with Crippen molar-refractivity contribution >= 4 is 45.8 Å². The molecule has 2 aliphatic rings. The van der Waals surface area contributed by atoms with Crippen LogP contribution in [0.3, 0.4) is 0 Å². The van der Waals surface area contributed by atoms with Crippen molar-refractivity contribution in [2.75, 3.05) is 54.5 Å². The third kappa shape index (κ3) is 9.46. The van der Waals surface area contributed by atoms with E-state index >= 15 is 0 Å². The topological polar surface area (TPSA) is 107 Å². The summed E-state index contributed by atoms with van der Waals surface area (Å²) in [6, 6.07) is 23.3. The van der Waals surface area contributed by atoms with Gasteiger partial charge in [-0.05, 0) is 59.7 Å². The van der Waals surface area contributed by atoms with Crippen molar-refractivity contribution in [1.82, 2.24) is 0 Å². The average molecular weight is 823 g/mol. The van der Waals surface area contributed by atoms with Gasteiger partial charge >= 0.3 is 34.5 Å². The molecule has 0 fully saturated rings. The van der Waals surface area contributed by atoms with Crippen molar-refractivity contribution in [3.05, 3.63) is 95.1 Å². The van der Waals surface area contributed by atoms with Crippen LogP contribution in [0.5, 0.6) is 34.5 Å². The predicted octanol–water partition coefficient (Wildman–Crippen LogP) is 6.71. The first-order chi connectivity index (χ1) is 23.1. The van der Waals surface area contributed by atoms with Crippen LogP contribution < -0.4 is 50.5 Å². The summed E-state index contributed by atoms with van der Waals surface area (Å²) < 4.78 is 33.2. The van der Waals surface area contributed by atoms with Gasteiger partial charge in [0.05, 0.1) is 51.5 Å². The van der Waals surface area contributed by atoms with Gasteiger partial charge in [0.2, 0.25) is 13.6 Å². The van der Waals surface area contributed by atoms with E-state index in [9.17, 15) is 0 Å². The Kier molecular flexibility index (Phi) is 14.9. The molecular formula is C35H44Cl2N2O6P2Ru+4. The van der Waals surface area contributed by atoms with Crippen LogP contribution in [0.15, 0.2) is 72.8 Å². The van der Waals surface area contributed by atoms with Gasteiger partial charge in [-0.25, -0.2) is 0 Å². The molecule has 4 N–H and O–H groups in total. The summed E-state index contributed by atoms with van der Waals surface area (Å²) in [5.41, 5.74) is 16.9. The van der Waals surface area contributed by atoms with Crippen LogP contribution in [0.1, 0.15) is 34.3 Å². The van der Waals surface area contributed by atoms with E-state index in [1.165, 1.54) is 21.7 Å². The Morgan fingerprint density at radius 1 is 0.625 bits per heavy atom. The number of halogens is 2. The number of benzene rings is 4. The van der Waals surface area contributed by atoms with E-state index < -0.39 is 15.8 Å². The molecule has 4 aromatic rings. The first kappa shape index (κ1) is 38.5. The van der Waals surface area contributed by atoms with E-state index in [1.807, 2.05) is 60.7 Å². The molecule has 13 heteroatoms. The molecular weight excluding hydrogens is 778 g/mol. The molecule has 0 aliphatic carbocycles. The molecule has 6 rings (SSSR count). The maximum absolute atomic E-state index is 6.24. The van der Waals surface area contributed by atoms with Gasteiger partial charge in [0.1, 0.15) is 11.5 Å². The minimum atomic E-state index is -0.627. The fourth-order valence-corrected chi connectivity index (χ4v) is 8.04. The zero-order valence-electron chi connectivity index (χ0n) is 27.9. The molecule has 4 aromatic carbocycles. The summed E-state index contributed by atoms with van der Waals surface area (Å²) in [5, 5.41) is 2.80. The molecule has 0 aromatic heterocycles. The molecule has 48 heavy (non-hydrogen) atoms. The minimum absolute atomic E-state index is 0.269. The van der Waals surface area contributed by atoms with Crippen LogP contribution >= 0.6 is 35.2 Å². The molecule has 0 saturated carbocycles. The van der Waals surface area contributed by atoms with E-state index in [1.54, 1.807) is 14.2 Å². The number of fused-ring (bicyclic) bond motifs is 2. The van der Waals surface area contributed by atoms with Gasteiger partial charge < -0.3 is 39.9 Å². The number of rotatable bonds is 9. The molecule has 0 saturated heterocycles. The number of hydrogen-bond donors (Lipinski definition) is 2. The predicted molar refractivity (Wildman–Crippen MR) is 199 cm³/mol. The van der Waals surface area contributed by atoms with E-state index in [0.29, 0.717) is 13.6 Å². The van der Waals surface area contributed by atoms with Crippen LogP contribution in [0.4, 0.5) is 0 Å². The fraction of sp³-hybridized carbons (Fsp3) is 0.314. The second-order valence-corrected chi connectivity index (χ2v) is 19.2. The molecule has 2 heterocycles. The monoisotopic (exact) mass is 822 g/mol. The maximum atomic E-state index is 6.24. The molecule has 2 aliphatic heterocycles. The van der Waals surface area contributed by atoms with Crippen molar-refractivity contribution in [3.63, 3.8) is 0 Å². The van der Waals surface area contributed by atoms with E-state index in [2.05, 4.69) is 38.8 Å². The number of nitrogens with two attached hydrogens (primary N) is 2. The van der Waals surface area contributed by atoms with Crippen LogP contribution in [0, 0.1) is 0 Å². The Morgan fingerprint density at radius 3 is 1.29 bits per heavy atom. The molecule has 258 valence electrons. The van der Waals surface area contributed by atoms with Gasteiger partial charge in [-0.1, -0.05) is 24.3 Å². The van der Waals surface area contributed by atoms with Crippen molar-refractivity contribution in [3.8, 4) is 34.5 Å². The van der Waals surface area contributed by atoms with Gasteiger partial charge in [0.25, 0.3) is 0 Å². The molecule has 2 atom stereocenters. The zero-order chi connectivity index (χ0) is 34.8. The Balaban J connectivity index is 0.000000205. The average Bonchev–Trinajstić information content (AvgIpc) is 3.79. The molecule has 0 amide bonds. The Labute approximate surface area is 301 Å². The van der Waals surface area contributed by atoms with Crippen molar-refractivity contribution < 1.29 is 43.6 Å². The third-order valence-electron chi connectivity index (χ3n) is 8.10. The number of ether oxygens (including phenoxy) is 6. The van der Waals surface area contributed by atoms with E-state index in [0.717, 1.165) is 52.0 Å². The normalized spacial score (nSPS) is 13.7. The Hall–Kier alpha value is -2.34. The second-order valence-electron chi connectivity index (χ2n) is 11.5. The van der Waals surface area contributed by atoms with Gasteiger partial charge in [-0.3, -0.25) is 0 Å². The summed E-state index contributed by atoms with van der Waals surface area (Å²) in [4.78, 5) is 0. The van der Waals surface area contributed by atoms with Crippen molar-refractivity contribution in [2.45, 2.75) is 18.5 Å². The van der Waals surface area contributed by atoms with Crippen LogP contribution in [-0.2, 0) is 21.6 Å². The number of methoxy groups -OCH3 is 2. The molecule has 0 radical (unpaired) electrons. The van der Waals surface area contributed by atoms with Crippen LogP contribution in [0.2, 0.25) is 0 Å². The van der Waals surface area contributed by atoms with Gasteiger partial charge in [0, 0.05) is 45.5 Å². The Bertz CT molecular complexity index is 1510. The number of hydrogen-bond acceptors (Lipinski definition) is 8. The zero-order valence-corrected chi connectivity index (χ0v) is 33.2. The van der Waals surface area contributed by atoms with Crippen LogP contribution in [0.25, 0.3) is 0 Å². The first-order valence-corrected chi connectivity index (χ1v) is 24.7. The van der Waals surface area contributed by atoms with Gasteiger partial charge in [-0.2, -0.15) is 0 Å². The fourth-order valence-electron chi connectivity index (χ4n) is 5.59. The summed E-state index contributed by atoms with van der Waals surface area (Å²) in [6.45, 7) is 9.87. The summed E-state index contributed by atoms with van der Waals surface area (Å²) in [5.74, 6) is 5.14. The summed E-state index contributed by atoms with van der Waals surface area (Å²) >= 11 is -0.346. The first-order valence-electron chi connectivity index (χ1n) is 15.2. The summed E-state index contributed by atoms with van der Waals surface area (Å²) in [7, 11) is 11.7. The summed E-state index contributed by atoms with van der Waals surface area (Å²) in [6.07, 6.45) is 0.801. The molecule has 2 unspecified atom stereocenters. The standard InChI is InChI=1S/C19H22O4P2.C16H20N2O2.2ClH.Ru/c1-24(2)16-7-5-14-18(22-10-20-14)12(16)9-13-17(25(3)4)8-6-15-19(13)23-11-21-15;1-19-13-7-3-11(4-8-13)15(17)16(18)12-5-9-14(20-2)10-6-12;;;/h5-8H,9-11H2,1-4H3;3-10,15-16H,17-18H2,1-2H3;2*1H;/q;;;;+4. The third-order valence-corrected chi connectivity index (χ3v) is 11.2. The van der Waals surface area contributed by atoms with Crippen LogP contribution in [-0.4, -0.2) is 54.5 Å².